The van der Waals surface area contributed by atoms with E-state index < -0.39 is 0 Å². The zero-order chi connectivity index (χ0) is 13.2. The van der Waals surface area contributed by atoms with Crippen LogP contribution in [0.2, 0.25) is 0 Å². The van der Waals surface area contributed by atoms with Crippen LogP contribution < -0.4 is 5.32 Å². The van der Waals surface area contributed by atoms with Crippen molar-refractivity contribution >= 4 is 38.3 Å². The molecule has 3 rings (SSSR count). The molecule has 0 unspecified atom stereocenters. The normalized spacial score (nSPS) is 10.6. The van der Waals surface area contributed by atoms with E-state index in [9.17, 15) is 4.79 Å². The number of aromatic amines is 1. The number of hydrogen-bond donors (Lipinski definition) is 2. The average molecular weight is 315 g/mol. The summed E-state index contributed by atoms with van der Waals surface area (Å²) in [6.45, 7) is 0. The third-order valence-electron chi connectivity index (χ3n) is 2.90. The maximum absolute atomic E-state index is 12.0. The van der Waals surface area contributed by atoms with Crippen molar-refractivity contribution in [3.8, 4) is 0 Å². The van der Waals surface area contributed by atoms with Crippen LogP contribution in [0.15, 0.2) is 59.2 Å². The van der Waals surface area contributed by atoms with Gasteiger partial charge in [-0.15, -0.1) is 0 Å². The van der Waals surface area contributed by atoms with E-state index >= 15 is 0 Å². The van der Waals surface area contributed by atoms with E-state index in [1.165, 1.54) is 0 Å². The summed E-state index contributed by atoms with van der Waals surface area (Å²) in [5, 5.41) is 5.13. The molecule has 4 heteroatoms. The highest BCUT2D eigenvalue weighted by molar-refractivity contribution is 9.10. The highest BCUT2D eigenvalue weighted by Gasteiger charge is 2.08. The monoisotopic (exact) mass is 314 g/mol. The summed E-state index contributed by atoms with van der Waals surface area (Å²) in [6, 6.07) is 15.7. The molecule has 0 saturated heterocycles. The maximum atomic E-state index is 12.0. The fourth-order valence-electron chi connectivity index (χ4n) is 1.96. The largest absolute Gasteiger partial charge is 0.356 e. The smallest absolute Gasteiger partial charge is 0.272 e. The number of rotatable bonds is 2. The molecule has 1 amide bonds. The van der Waals surface area contributed by atoms with Gasteiger partial charge < -0.3 is 10.3 Å². The molecule has 0 saturated carbocycles. The number of nitrogens with one attached hydrogen (secondary N) is 2. The lowest BCUT2D eigenvalue weighted by Crippen LogP contribution is -2.11. The molecule has 94 valence electrons. The van der Waals surface area contributed by atoms with E-state index in [4.69, 9.17) is 0 Å². The molecule has 0 fully saturated rings. The van der Waals surface area contributed by atoms with E-state index in [2.05, 4.69) is 26.2 Å². The van der Waals surface area contributed by atoms with Crippen molar-refractivity contribution < 1.29 is 4.79 Å². The van der Waals surface area contributed by atoms with Crippen LogP contribution in [0.25, 0.3) is 10.8 Å². The lowest BCUT2D eigenvalue weighted by atomic mass is 10.1. The molecule has 0 bridgehead atoms. The van der Waals surface area contributed by atoms with E-state index in [1.54, 1.807) is 12.3 Å². The first-order valence-corrected chi connectivity index (χ1v) is 6.66. The molecule has 2 aromatic carbocycles. The van der Waals surface area contributed by atoms with Crippen LogP contribution in [0.3, 0.4) is 0 Å². The van der Waals surface area contributed by atoms with Gasteiger partial charge in [-0.25, -0.2) is 0 Å². The highest BCUT2D eigenvalue weighted by Crippen LogP contribution is 2.19. The van der Waals surface area contributed by atoms with Gasteiger partial charge in [0.1, 0.15) is 5.69 Å². The van der Waals surface area contributed by atoms with Gasteiger partial charge in [-0.05, 0) is 44.9 Å². The van der Waals surface area contributed by atoms with Crippen LogP contribution >= 0.6 is 15.9 Å². The van der Waals surface area contributed by atoms with Crippen LogP contribution in [0.5, 0.6) is 0 Å². The van der Waals surface area contributed by atoms with E-state index in [1.807, 2.05) is 42.5 Å². The Morgan fingerprint density at radius 3 is 2.58 bits per heavy atom. The number of benzene rings is 2. The van der Waals surface area contributed by atoms with Crippen molar-refractivity contribution in [1.82, 2.24) is 4.98 Å². The van der Waals surface area contributed by atoms with Crippen LogP contribution in [0.4, 0.5) is 5.69 Å². The predicted octanol–water partition coefficient (Wildman–Crippen LogP) is 4.18. The second-order valence-electron chi connectivity index (χ2n) is 4.25. The molecule has 0 aliphatic rings. The first-order valence-electron chi connectivity index (χ1n) is 5.86. The number of anilines is 1. The average Bonchev–Trinajstić information content (AvgIpc) is 2.85. The summed E-state index contributed by atoms with van der Waals surface area (Å²) in [4.78, 5) is 14.9. The van der Waals surface area contributed by atoms with Gasteiger partial charge in [-0.2, -0.15) is 0 Å². The van der Waals surface area contributed by atoms with Gasteiger partial charge in [0.15, 0.2) is 0 Å². The number of fused-ring (bicyclic) bond motifs is 1. The Kier molecular flexibility index (Phi) is 3.09. The molecule has 0 aliphatic carbocycles. The minimum Gasteiger partial charge on any atom is -0.356 e. The Hall–Kier alpha value is -2.07. The standard InChI is InChI=1S/C15H11BrN2O/c16-12-8-14(17-9-12)15(19)18-13-6-5-10-3-1-2-4-11(10)7-13/h1-9,17H,(H,18,19). The van der Waals surface area contributed by atoms with Gasteiger partial charge in [0.05, 0.1) is 0 Å². The van der Waals surface area contributed by atoms with Gasteiger partial charge in [0.25, 0.3) is 5.91 Å². The zero-order valence-corrected chi connectivity index (χ0v) is 11.6. The highest BCUT2D eigenvalue weighted by atomic mass is 79.9. The van der Waals surface area contributed by atoms with Gasteiger partial charge in [0, 0.05) is 16.4 Å². The van der Waals surface area contributed by atoms with Crippen molar-refractivity contribution in [3.63, 3.8) is 0 Å². The topological polar surface area (TPSA) is 44.9 Å². The molecule has 3 aromatic rings. The fraction of sp³-hybridized carbons (Fsp3) is 0. The van der Waals surface area contributed by atoms with Crippen molar-refractivity contribution in [2.75, 3.05) is 5.32 Å². The minimum absolute atomic E-state index is 0.152. The summed E-state index contributed by atoms with van der Waals surface area (Å²) in [5.74, 6) is -0.152. The Bertz CT molecular complexity index is 748. The summed E-state index contributed by atoms with van der Waals surface area (Å²) < 4.78 is 0.858. The summed E-state index contributed by atoms with van der Waals surface area (Å²) >= 11 is 3.31. The fourth-order valence-corrected chi connectivity index (χ4v) is 2.31. The summed E-state index contributed by atoms with van der Waals surface area (Å²) in [7, 11) is 0. The molecular formula is C15H11BrN2O. The Morgan fingerprint density at radius 1 is 1.05 bits per heavy atom. The van der Waals surface area contributed by atoms with E-state index in [-0.39, 0.29) is 5.91 Å². The molecule has 1 heterocycles. The van der Waals surface area contributed by atoms with Crippen molar-refractivity contribution in [2.24, 2.45) is 0 Å². The molecule has 0 atom stereocenters. The summed E-state index contributed by atoms with van der Waals surface area (Å²) in [5.41, 5.74) is 1.31. The Labute approximate surface area is 118 Å². The number of carbonyl (C=O) groups is 1. The third kappa shape index (κ3) is 2.53. The third-order valence-corrected chi connectivity index (χ3v) is 3.36. The number of H-pyrrole nitrogens is 1. The lowest BCUT2D eigenvalue weighted by Gasteiger charge is -2.05. The number of carbonyl (C=O) groups excluding carboxylic acids is 1. The molecule has 0 spiro atoms. The molecule has 1 aromatic heterocycles. The SMILES string of the molecule is O=C(Nc1ccc2ccccc2c1)c1cc(Br)c[nH]1. The number of aromatic nitrogens is 1. The Morgan fingerprint density at radius 2 is 1.84 bits per heavy atom. The maximum Gasteiger partial charge on any atom is 0.272 e. The zero-order valence-electron chi connectivity index (χ0n) is 9.98. The Balaban J connectivity index is 1.87. The molecule has 19 heavy (non-hydrogen) atoms. The van der Waals surface area contributed by atoms with Crippen LogP contribution in [0, 0.1) is 0 Å². The van der Waals surface area contributed by atoms with Crippen LogP contribution in [-0.4, -0.2) is 10.9 Å². The molecule has 0 radical (unpaired) electrons. The lowest BCUT2D eigenvalue weighted by molar-refractivity contribution is 0.102. The van der Waals surface area contributed by atoms with Crippen LogP contribution in [-0.2, 0) is 0 Å². The van der Waals surface area contributed by atoms with Crippen LogP contribution in [0.1, 0.15) is 10.5 Å². The molecular weight excluding hydrogens is 304 g/mol. The van der Waals surface area contributed by atoms with Crippen molar-refractivity contribution in [3.05, 3.63) is 64.9 Å². The first-order chi connectivity index (χ1) is 9.22. The summed E-state index contributed by atoms with van der Waals surface area (Å²) in [6.07, 6.45) is 1.73. The molecule has 2 N–H and O–H groups in total. The van der Waals surface area contributed by atoms with E-state index in [0.29, 0.717) is 5.69 Å². The molecule has 3 nitrogen and oxygen atoms in total. The minimum atomic E-state index is -0.152. The number of hydrogen-bond acceptors (Lipinski definition) is 1. The second-order valence-corrected chi connectivity index (χ2v) is 5.16. The van der Waals surface area contributed by atoms with Gasteiger partial charge in [-0.1, -0.05) is 30.3 Å². The quantitative estimate of drug-likeness (QED) is 0.732. The van der Waals surface area contributed by atoms with E-state index in [0.717, 1.165) is 20.9 Å². The van der Waals surface area contributed by atoms with Crippen molar-refractivity contribution in [2.45, 2.75) is 0 Å². The van der Waals surface area contributed by atoms with Gasteiger partial charge in [-0.3, -0.25) is 4.79 Å². The predicted molar refractivity (Wildman–Crippen MR) is 80.4 cm³/mol. The number of halogens is 1. The molecule has 0 aliphatic heterocycles. The first kappa shape index (κ1) is 12.0. The second kappa shape index (κ2) is 4.90. The van der Waals surface area contributed by atoms with Gasteiger partial charge in [0.2, 0.25) is 0 Å². The van der Waals surface area contributed by atoms with Gasteiger partial charge >= 0.3 is 0 Å². The number of amides is 1. The van der Waals surface area contributed by atoms with Crippen molar-refractivity contribution in [1.29, 1.82) is 0 Å².